The standard InChI is InChI=1S/C9H19NO4/c1-6(7(11)13-5)10-8(12)14-9(2,3)4/h6-7,11H,1-5H3,(H,10,12). The number of methoxy groups -OCH3 is 1. The van der Waals surface area contributed by atoms with Crippen molar-refractivity contribution in [1.82, 2.24) is 5.32 Å². The molecule has 0 aromatic rings. The topological polar surface area (TPSA) is 67.8 Å². The maximum atomic E-state index is 11.2. The molecule has 0 aromatic carbocycles. The van der Waals surface area contributed by atoms with Gasteiger partial charge in [0.1, 0.15) is 5.60 Å². The minimum absolute atomic E-state index is 0.505. The normalized spacial score (nSPS) is 15.9. The summed E-state index contributed by atoms with van der Waals surface area (Å²) in [6.07, 6.45) is -1.59. The van der Waals surface area contributed by atoms with Gasteiger partial charge in [0.15, 0.2) is 6.29 Å². The molecule has 0 heterocycles. The highest BCUT2D eigenvalue weighted by Crippen LogP contribution is 2.07. The van der Waals surface area contributed by atoms with E-state index in [1.54, 1.807) is 27.7 Å². The van der Waals surface area contributed by atoms with Crippen LogP contribution in [0.3, 0.4) is 0 Å². The van der Waals surface area contributed by atoms with E-state index in [2.05, 4.69) is 10.1 Å². The van der Waals surface area contributed by atoms with Gasteiger partial charge >= 0.3 is 6.09 Å². The lowest BCUT2D eigenvalue weighted by Crippen LogP contribution is -2.44. The summed E-state index contributed by atoms with van der Waals surface area (Å²) in [6.45, 7) is 6.93. The molecule has 84 valence electrons. The molecule has 2 unspecified atom stereocenters. The number of nitrogens with one attached hydrogen (secondary N) is 1. The van der Waals surface area contributed by atoms with Crippen LogP contribution >= 0.6 is 0 Å². The van der Waals surface area contributed by atoms with Gasteiger partial charge in [-0.25, -0.2) is 4.79 Å². The first-order valence-electron chi connectivity index (χ1n) is 4.46. The third kappa shape index (κ3) is 5.77. The van der Waals surface area contributed by atoms with Gasteiger partial charge in [0.2, 0.25) is 0 Å². The van der Waals surface area contributed by atoms with Crippen LogP contribution in [0.25, 0.3) is 0 Å². The Bertz CT molecular complexity index is 188. The molecule has 0 saturated carbocycles. The number of ether oxygens (including phenoxy) is 2. The van der Waals surface area contributed by atoms with Gasteiger partial charge in [0.05, 0.1) is 6.04 Å². The monoisotopic (exact) mass is 205 g/mol. The largest absolute Gasteiger partial charge is 0.444 e. The second-order valence-corrected chi connectivity index (χ2v) is 4.06. The summed E-state index contributed by atoms with van der Waals surface area (Å²) in [5.74, 6) is 0. The molecule has 5 nitrogen and oxygen atoms in total. The van der Waals surface area contributed by atoms with Gasteiger partial charge in [-0.2, -0.15) is 0 Å². The molecule has 0 bridgehead atoms. The van der Waals surface area contributed by atoms with Crippen molar-refractivity contribution in [2.24, 2.45) is 0 Å². The van der Waals surface area contributed by atoms with Crippen molar-refractivity contribution in [3.05, 3.63) is 0 Å². The average Bonchev–Trinajstić information content (AvgIpc) is 1.99. The molecule has 1 amide bonds. The van der Waals surface area contributed by atoms with Crippen LogP contribution in [0.5, 0.6) is 0 Å². The van der Waals surface area contributed by atoms with Gasteiger partial charge in [-0.1, -0.05) is 0 Å². The Morgan fingerprint density at radius 2 is 1.93 bits per heavy atom. The highest BCUT2D eigenvalue weighted by atomic mass is 16.6. The summed E-state index contributed by atoms with van der Waals surface area (Å²) in [4.78, 5) is 11.2. The third-order valence-corrected chi connectivity index (χ3v) is 1.41. The van der Waals surface area contributed by atoms with E-state index in [1.807, 2.05) is 0 Å². The molecule has 0 aliphatic rings. The predicted octanol–water partition coefficient (Wildman–Crippen LogP) is 0.864. The van der Waals surface area contributed by atoms with Gasteiger partial charge in [-0.3, -0.25) is 0 Å². The lowest BCUT2D eigenvalue weighted by Gasteiger charge is -2.23. The fourth-order valence-electron chi connectivity index (χ4n) is 0.769. The van der Waals surface area contributed by atoms with Crippen molar-refractivity contribution >= 4 is 6.09 Å². The quantitative estimate of drug-likeness (QED) is 0.671. The number of amides is 1. The molecule has 0 aliphatic carbocycles. The highest BCUT2D eigenvalue weighted by molar-refractivity contribution is 5.68. The molecule has 14 heavy (non-hydrogen) atoms. The molecular formula is C9H19NO4. The third-order valence-electron chi connectivity index (χ3n) is 1.41. The molecule has 2 N–H and O–H groups in total. The average molecular weight is 205 g/mol. The lowest BCUT2D eigenvalue weighted by atomic mass is 10.2. The summed E-state index contributed by atoms with van der Waals surface area (Å²) in [7, 11) is 1.36. The number of alkyl carbamates (subject to hydrolysis) is 1. The van der Waals surface area contributed by atoms with E-state index >= 15 is 0 Å². The van der Waals surface area contributed by atoms with Crippen molar-refractivity contribution in [2.75, 3.05) is 7.11 Å². The molecule has 0 aromatic heterocycles. The summed E-state index contributed by atoms with van der Waals surface area (Å²) in [6, 6.07) is -0.505. The number of hydrogen-bond donors (Lipinski definition) is 2. The Kier molecular flexibility index (Phi) is 4.87. The van der Waals surface area contributed by atoms with E-state index in [-0.39, 0.29) is 0 Å². The van der Waals surface area contributed by atoms with Crippen LogP contribution < -0.4 is 5.32 Å². The van der Waals surface area contributed by atoms with E-state index in [0.717, 1.165) is 0 Å². The second kappa shape index (κ2) is 5.17. The van der Waals surface area contributed by atoms with Crippen molar-refractivity contribution < 1.29 is 19.4 Å². The molecule has 0 spiro atoms. The van der Waals surface area contributed by atoms with Crippen LogP contribution in [-0.2, 0) is 9.47 Å². The molecule has 0 aliphatic heterocycles. The zero-order chi connectivity index (χ0) is 11.4. The van der Waals surface area contributed by atoms with Gasteiger partial charge < -0.3 is 19.9 Å². The highest BCUT2D eigenvalue weighted by Gasteiger charge is 2.20. The van der Waals surface area contributed by atoms with Gasteiger partial charge in [-0.15, -0.1) is 0 Å². The van der Waals surface area contributed by atoms with Gasteiger partial charge in [0, 0.05) is 7.11 Å². The number of carbonyl (C=O) groups is 1. The van der Waals surface area contributed by atoms with Crippen LogP contribution in [0.2, 0.25) is 0 Å². The maximum absolute atomic E-state index is 11.2. The van der Waals surface area contributed by atoms with E-state index in [4.69, 9.17) is 4.74 Å². The van der Waals surface area contributed by atoms with Crippen LogP contribution in [0.4, 0.5) is 4.79 Å². The van der Waals surface area contributed by atoms with Crippen molar-refractivity contribution in [3.63, 3.8) is 0 Å². The van der Waals surface area contributed by atoms with Crippen molar-refractivity contribution in [3.8, 4) is 0 Å². The zero-order valence-electron chi connectivity index (χ0n) is 9.33. The first kappa shape index (κ1) is 13.2. The first-order valence-corrected chi connectivity index (χ1v) is 4.46. The Hall–Kier alpha value is -0.810. The van der Waals surface area contributed by atoms with Gasteiger partial charge in [-0.05, 0) is 27.7 Å². The van der Waals surface area contributed by atoms with Crippen molar-refractivity contribution in [1.29, 1.82) is 0 Å². The SMILES string of the molecule is COC(O)C(C)NC(=O)OC(C)(C)C. The molecule has 0 rings (SSSR count). The molecular weight excluding hydrogens is 186 g/mol. The molecule has 0 radical (unpaired) electrons. The molecule has 0 saturated heterocycles. The first-order chi connectivity index (χ1) is 6.26. The van der Waals surface area contributed by atoms with Gasteiger partial charge in [0.25, 0.3) is 0 Å². The lowest BCUT2D eigenvalue weighted by molar-refractivity contribution is -0.0932. The summed E-state index contributed by atoms with van der Waals surface area (Å²) < 4.78 is 9.61. The maximum Gasteiger partial charge on any atom is 0.408 e. The van der Waals surface area contributed by atoms with E-state index in [0.29, 0.717) is 0 Å². The Balaban J connectivity index is 3.95. The predicted molar refractivity (Wildman–Crippen MR) is 51.8 cm³/mol. The molecule has 0 fully saturated rings. The zero-order valence-corrected chi connectivity index (χ0v) is 9.33. The Labute approximate surface area is 84.4 Å². The number of carbonyl (C=O) groups excluding carboxylic acids is 1. The molecule has 2 atom stereocenters. The smallest absolute Gasteiger partial charge is 0.408 e. The van der Waals surface area contributed by atoms with E-state index < -0.39 is 24.0 Å². The van der Waals surface area contributed by atoms with Crippen molar-refractivity contribution in [2.45, 2.75) is 45.6 Å². The Morgan fingerprint density at radius 3 is 2.29 bits per heavy atom. The minimum atomic E-state index is -1.03. The summed E-state index contributed by atoms with van der Waals surface area (Å²) in [5.41, 5.74) is -0.540. The van der Waals surface area contributed by atoms with E-state index in [9.17, 15) is 9.90 Å². The number of hydrogen-bond acceptors (Lipinski definition) is 4. The number of rotatable bonds is 3. The Morgan fingerprint density at radius 1 is 1.43 bits per heavy atom. The van der Waals surface area contributed by atoms with Crippen LogP contribution in [0, 0.1) is 0 Å². The summed E-state index contributed by atoms with van der Waals surface area (Å²) in [5, 5.41) is 11.6. The minimum Gasteiger partial charge on any atom is -0.444 e. The fourth-order valence-corrected chi connectivity index (χ4v) is 0.769. The molecule has 5 heteroatoms. The fraction of sp³-hybridized carbons (Fsp3) is 0.889. The van der Waals surface area contributed by atoms with Crippen LogP contribution in [-0.4, -0.2) is 36.2 Å². The van der Waals surface area contributed by atoms with Crippen LogP contribution in [0.1, 0.15) is 27.7 Å². The van der Waals surface area contributed by atoms with Crippen LogP contribution in [0.15, 0.2) is 0 Å². The number of aliphatic hydroxyl groups excluding tert-OH is 1. The summed E-state index contributed by atoms with van der Waals surface area (Å²) >= 11 is 0. The second-order valence-electron chi connectivity index (χ2n) is 4.06. The number of aliphatic hydroxyl groups is 1. The van der Waals surface area contributed by atoms with E-state index in [1.165, 1.54) is 7.11 Å².